The topological polar surface area (TPSA) is 201 Å². The first-order valence-corrected chi connectivity index (χ1v) is 29.4. The van der Waals surface area contributed by atoms with E-state index in [1.165, 1.54) is 17.1 Å². The van der Waals surface area contributed by atoms with Gasteiger partial charge in [0.15, 0.2) is 33.7 Å². The molecular weight excluding hydrogens is 994 g/mol. The van der Waals surface area contributed by atoms with Crippen molar-refractivity contribution in [1.82, 2.24) is 29.1 Å². The molecule has 0 bridgehead atoms. The fourth-order valence-corrected chi connectivity index (χ4v) is 11.6. The van der Waals surface area contributed by atoms with Crippen LogP contribution >= 0.6 is 8.38 Å². The summed E-state index contributed by atoms with van der Waals surface area (Å²) in [6.07, 6.45) is 1.64. The summed E-state index contributed by atoms with van der Waals surface area (Å²) in [5, 5.41) is 2.79. The van der Waals surface area contributed by atoms with Crippen molar-refractivity contribution in [2.75, 3.05) is 39.4 Å². The molecule has 5 heterocycles. The number of aromatic nitrogens is 6. The van der Waals surface area contributed by atoms with Crippen LogP contribution in [0.15, 0.2) is 138 Å². The highest BCUT2D eigenvalue weighted by molar-refractivity contribution is 7.46. The summed E-state index contributed by atoms with van der Waals surface area (Å²) >= 11 is 0. The summed E-state index contributed by atoms with van der Waals surface area (Å²) in [4.78, 5) is 55.1. The van der Waals surface area contributed by atoms with Crippen LogP contribution in [0.4, 0.5) is 5.82 Å². The van der Waals surface area contributed by atoms with Gasteiger partial charge in [-0.25, -0.2) is 19.7 Å². The molecule has 18 nitrogen and oxygen atoms in total. The van der Waals surface area contributed by atoms with Gasteiger partial charge in [-0.1, -0.05) is 93.6 Å². The van der Waals surface area contributed by atoms with Gasteiger partial charge in [0.25, 0.3) is 11.5 Å². The van der Waals surface area contributed by atoms with Gasteiger partial charge in [0.05, 0.1) is 46.0 Å². The zero-order valence-electron chi connectivity index (χ0n) is 43.6. The van der Waals surface area contributed by atoms with Gasteiger partial charge in [-0.05, 0) is 78.1 Å². The molecule has 0 radical (unpaired) electrons. The van der Waals surface area contributed by atoms with E-state index in [1.54, 1.807) is 51.7 Å². The Kier molecular flexibility index (Phi) is 16.0. The zero-order valence-corrected chi connectivity index (χ0v) is 45.5. The quantitative estimate of drug-likeness (QED) is 0.0441. The van der Waals surface area contributed by atoms with Gasteiger partial charge in [0.2, 0.25) is 0 Å². The number of H-pyrrole nitrogens is 1. The lowest BCUT2D eigenvalue weighted by Crippen LogP contribution is -2.46. The van der Waals surface area contributed by atoms with E-state index in [1.807, 2.05) is 96.2 Å². The SMILES string of the molecule is COc1ccc(C(OC[C@H]2O[C@@H](n3cc(C)c(=O)[nH]c3=O)C[C@@H]2OP(C)OC[C@H]2O[C@@H](n3cnc4c(NC(=O)c5ccccc5)ncnc43)C[C@@H]2O[Si](C)(C)C(C)(C)C)(c2ccccc2)c2ccc(OC)cc2)cc1. The van der Waals surface area contributed by atoms with Crippen molar-refractivity contribution in [1.29, 1.82) is 0 Å². The summed E-state index contributed by atoms with van der Waals surface area (Å²) in [6.45, 7) is 14.6. The highest BCUT2D eigenvalue weighted by Crippen LogP contribution is 2.47. The lowest BCUT2D eigenvalue weighted by molar-refractivity contribution is -0.0921. The standard InChI is InChI=1S/C55H64N7O11PSi/c1-35-30-61(53(65)60-51(35)63)46-28-42(44(70-46)31-68-55(37-18-14-11-15-19-37,38-20-24-40(66-5)25-21-38)39-22-26-41(67-6)27-23-39)72-74(7)69-32-45-43(73-75(8,9)54(2,3)4)29-47(71-45)62-34-58-48-49(56-33-57-50(48)62)59-52(64)36-16-12-10-13-17-36/h10-27,30,33-34,42-47H,28-29,31-32H2,1-9H3,(H,60,63,65)(H,56,57,59,64)/t42-,43-,44+,45+,46+,47+,74?/m0/s1. The molecule has 20 heteroatoms. The number of imidazole rings is 1. The normalized spacial score (nSPS) is 20.5. The molecule has 75 heavy (non-hydrogen) atoms. The van der Waals surface area contributed by atoms with E-state index >= 15 is 0 Å². The molecule has 2 saturated heterocycles. The molecule has 7 aromatic rings. The number of aromatic amines is 1. The van der Waals surface area contributed by atoms with E-state index < -0.39 is 64.3 Å². The molecule has 0 aliphatic carbocycles. The van der Waals surface area contributed by atoms with Gasteiger partial charge in [0.1, 0.15) is 48.1 Å². The number of carbonyl (C=O) groups excluding carboxylic acids is 1. The van der Waals surface area contributed by atoms with Gasteiger partial charge in [-0.3, -0.25) is 23.7 Å². The Labute approximate surface area is 437 Å². The molecule has 2 fully saturated rings. The number of fused-ring (bicyclic) bond motifs is 1. The number of amides is 1. The van der Waals surface area contributed by atoms with E-state index in [-0.39, 0.29) is 42.5 Å². The molecule has 0 spiro atoms. The highest BCUT2D eigenvalue weighted by atomic mass is 31.2. The van der Waals surface area contributed by atoms with Crippen molar-refractivity contribution < 1.29 is 42.0 Å². The predicted molar refractivity (Wildman–Crippen MR) is 287 cm³/mol. The van der Waals surface area contributed by atoms with Gasteiger partial charge < -0.3 is 42.5 Å². The first kappa shape index (κ1) is 53.4. The first-order chi connectivity index (χ1) is 36.0. The summed E-state index contributed by atoms with van der Waals surface area (Å²) in [5.41, 5.74) is 2.01. The lowest BCUT2D eigenvalue weighted by atomic mass is 9.80. The summed E-state index contributed by atoms with van der Waals surface area (Å²) in [6, 6.07) is 34.3. The zero-order chi connectivity index (χ0) is 53.1. The second kappa shape index (κ2) is 22.4. The van der Waals surface area contributed by atoms with E-state index in [0.29, 0.717) is 40.2 Å². The minimum atomic E-state index is -2.35. The van der Waals surface area contributed by atoms with Crippen LogP contribution in [0.1, 0.15) is 78.7 Å². The molecular formula is C55H64N7O11PSi. The van der Waals surface area contributed by atoms with Crippen LogP contribution < -0.4 is 26.0 Å². The van der Waals surface area contributed by atoms with Crippen molar-refractivity contribution in [3.8, 4) is 11.5 Å². The third-order valence-electron chi connectivity index (χ3n) is 14.3. The Balaban J connectivity index is 0.986. The van der Waals surface area contributed by atoms with Gasteiger partial charge in [-0.2, -0.15) is 0 Å². The van der Waals surface area contributed by atoms with E-state index in [9.17, 15) is 14.4 Å². The Morgan fingerprint density at radius 3 is 1.96 bits per heavy atom. The van der Waals surface area contributed by atoms with E-state index in [4.69, 9.17) is 37.2 Å². The average Bonchev–Trinajstić information content (AvgIpc) is 4.14. The number of hydrogen-bond acceptors (Lipinski definition) is 14. The Bertz CT molecular complexity index is 3140. The molecule has 0 saturated carbocycles. The number of hydrogen-bond donors (Lipinski definition) is 2. The van der Waals surface area contributed by atoms with Crippen molar-refractivity contribution in [2.45, 2.75) is 101 Å². The van der Waals surface area contributed by atoms with Crippen molar-refractivity contribution in [3.63, 3.8) is 0 Å². The minimum Gasteiger partial charge on any atom is -0.497 e. The van der Waals surface area contributed by atoms with Crippen LogP contribution in [0, 0.1) is 6.92 Å². The molecule has 2 aliphatic heterocycles. The monoisotopic (exact) mass is 1060 g/mol. The Hall–Kier alpha value is -6.41. The van der Waals surface area contributed by atoms with Crippen molar-refractivity contribution >= 4 is 39.6 Å². The number of methoxy groups -OCH3 is 2. The molecule has 9 rings (SSSR count). The molecule has 4 aromatic carbocycles. The van der Waals surface area contributed by atoms with Crippen LogP contribution in [0.2, 0.25) is 18.1 Å². The van der Waals surface area contributed by atoms with Gasteiger partial charge in [0, 0.05) is 36.8 Å². The number of aryl methyl sites for hydroxylation is 1. The molecule has 394 valence electrons. The second-order valence-corrected chi connectivity index (χ2v) is 26.3. The number of benzene rings is 4. The molecule has 2 aliphatic rings. The van der Waals surface area contributed by atoms with Gasteiger partial charge in [-0.15, -0.1) is 0 Å². The minimum absolute atomic E-state index is 0.00426. The van der Waals surface area contributed by atoms with E-state index in [0.717, 1.165) is 16.7 Å². The van der Waals surface area contributed by atoms with Crippen molar-refractivity contribution in [3.05, 3.63) is 177 Å². The number of nitrogens with zero attached hydrogens (tertiary/aromatic N) is 5. The maximum absolute atomic E-state index is 13.4. The van der Waals surface area contributed by atoms with Crippen LogP contribution in [0.25, 0.3) is 11.2 Å². The number of anilines is 1. The maximum atomic E-state index is 13.4. The van der Waals surface area contributed by atoms with Crippen LogP contribution in [-0.4, -0.2) is 102 Å². The predicted octanol–water partition coefficient (Wildman–Crippen LogP) is 9.27. The van der Waals surface area contributed by atoms with Crippen LogP contribution in [0.3, 0.4) is 0 Å². The maximum Gasteiger partial charge on any atom is 0.330 e. The summed E-state index contributed by atoms with van der Waals surface area (Å²) in [5.74, 6) is 1.33. The fraction of sp³-hybridized carbons (Fsp3) is 0.382. The average molecular weight is 1060 g/mol. The van der Waals surface area contributed by atoms with Crippen molar-refractivity contribution in [2.24, 2.45) is 0 Å². The smallest absolute Gasteiger partial charge is 0.330 e. The Morgan fingerprint density at radius 2 is 1.35 bits per heavy atom. The number of ether oxygens (including phenoxy) is 5. The molecule has 1 amide bonds. The summed E-state index contributed by atoms with van der Waals surface area (Å²) in [7, 11) is -0.728. The van der Waals surface area contributed by atoms with Crippen LogP contribution in [-0.2, 0) is 33.3 Å². The first-order valence-electron chi connectivity index (χ1n) is 24.8. The number of nitrogens with one attached hydrogen (secondary N) is 2. The molecule has 7 atom stereocenters. The Morgan fingerprint density at radius 1 is 0.773 bits per heavy atom. The van der Waals surface area contributed by atoms with E-state index in [2.05, 4.69) is 59.1 Å². The van der Waals surface area contributed by atoms with Crippen LogP contribution in [0.5, 0.6) is 11.5 Å². The fourth-order valence-electron chi connectivity index (χ4n) is 9.24. The second-order valence-electron chi connectivity index (χ2n) is 20.2. The van der Waals surface area contributed by atoms with Gasteiger partial charge >= 0.3 is 5.69 Å². The molecule has 1 unspecified atom stereocenters. The molecule has 2 N–H and O–H groups in total. The molecule has 3 aromatic heterocycles. The largest absolute Gasteiger partial charge is 0.497 e. The number of rotatable bonds is 19. The third-order valence-corrected chi connectivity index (χ3v) is 19.9. The number of carbonyl (C=O) groups is 1. The third kappa shape index (κ3) is 11.4. The summed E-state index contributed by atoms with van der Waals surface area (Å²) < 4.78 is 55.8. The highest BCUT2D eigenvalue weighted by Gasteiger charge is 2.47. The lowest BCUT2D eigenvalue weighted by Gasteiger charge is -2.39.